The molecule has 1 aromatic carbocycles. The summed E-state index contributed by atoms with van der Waals surface area (Å²) in [5, 5.41) is 0. The summed E-state index contributed by atoms with van der Waals surface area (Å²) in [6.07, 6.45) is 10.6. The van der Waals surface area contributed by atoms with Gasteiger partial charge in [-0.2, -0.15) is 0 Å². The number of benzene rings is 1. The zero-order valence-corrected chi connectivity index (χ0v) is 13.0. The summed E-state index contributed by atoms with van der Waals surface area (Å²) < 4.78 is 5.82. The molecule has 3 heteroatoms. The summed E-state index contributed by atoms with van der Waals surface area (Å²) in [7, 11) is 2.19. The smallest absolute Gasteiger partial charge is 0.146 e. The molecule has 0 aliphatic carbocycles. The minimum Gasteiger partial charge on any atom is -0.456 e. The molecule has 1 aliphatic rings. The van der Waals surface area contributed by atoms with Crippen LogP contribution in [-0.4, -0.2) is 30.0 Å². The highest BCUT2D eigenvalue weighted by Gasteiger charge is 2.14. The molecule has 22 heavy (non-hydrogen) atoms. The Balaban J connectivity index is 1.66. The van der Waals surface area contributed by atoms with Crippen molar-refractivity contribution in [1.29, 1.82) is 0 Å². The third-order valence-electron chi connectivity index (χ3n) is 3.93. The average Bonchev–Trinajstić information content (AvgIpc) is 2.54. The van der Waals surface area contributed by atoms with Crippen LogP contribution in [0.1, 0.15) is 18.4 Å². The number of piperidine rings is 1. The summed E-state index contributed by atoms with van der Waals surface area (Å²) in [5.41, 5.74) is 1.08. The Kier molecular flexibility index (Phi) is 4.86. The van der Waals surface area contributed by atoms with Crippen LogP contribution in [-0.2, 0) is 0 Å². The zero-order chi connectivity index (χ0) is 15.2. The molecule has 0 amide bonds. The fraction of sp³-hybridized carbons (Fsp3) is 0.316. The molecule has 1 atom stereocenters. The molecular weight excluding hydrogens is 272 g/mol. The third-order valence-corrected chi connectivity index (χ3v) is 3.93. The largest absolute Gasteiger partial charge is 0.456 e. The van der Waals surface area contributed by atoms with Crippen LogP contribution in [0.3, 0.4) is 0 Å². The summed E-state index contributed by atoms with van der Waals surface area (Å²) in [6.45, 7) is 2.36. The van der Waals surface area contributed by atoms with Crippen LogP contribution in [0, 0.1) is 5.92 Å². The van der Waals surface area contributed by atoms with Gasteiger partial charge in [0.05, 0.1) is 6.20 Å². The van der Waals surface area contributed by atoms with Crippen LogP contribution in [0.5, 0.6) is 11.5 Å². The summed E-state index contributed by atoms with van der Waals surface area (Å²) >= 11 is 0. The molecule has 1 saturated heterocycles. The van der Waals surface area contributed by atoms with E-state index in [1.165, 1.54) is 19.4 Å². The molecule has 0 bridgehead atoms. The molecule has 3 rings (SSSR count). The molecule has 0 N–H and O–H groups in total. The van der Waals surface area contributed by atoms with E-state index in [0.29, 0.717) is 5.92 Å². The molecule has 1 aliphatic heterocycles. The lowest BCUT2D eigenvalue weighted by Gasteiger charge is -2.27. The van der Waals surface area contributed by atoms with Crippen molar-refractivity contribution in [2.45, 2.75) is 12.8 Å². The third kappa shape index (κ3) is 4.18. The first kappa shape index (κ1) is 14.8. The van der Waals surface area contributed by atoms with Gasteiger partial charge in [0.15, 0.2) is 0 Å². The van der Waals surface area contributed by atoms with Gasteiger partial charge in [0.25, 0.3) is 0 Å². The Morgan fingerprint density at radius 1 is 1.18 bits per heavy atom. The molecule has 0 saturated carbocycles. The lowest BCUT2D eigenvalue weighted by atomic mass is 9.97. The maximum atomic E-state index is 5.82. The van der Waals surface area contributed by atoms with E-state index in [1.54, 1.807) is 6.20 Å². The van der Waals surface area contributed by atoms with Crippen LogP contribution in [0.15, 0.2) is 54.9 Å². The van der Waals surface area contributed by atoms with Crippen molar-refractivity contribution in [2.24, 2.45) is 5.92 Å². The van der Waals surface area contributed by atoms with Crippen LogP contribution in [0.2, 0.25) is 0 Å². The Labute approximate surface area is 132 Å². The number of hydrogen-bond donors (Lipinski definition) is 0. The fourth-order valence-electron chi connectivity index (χ4n) is 2.82. The quantitative estimate of drug-likeness (QED) is 0.844. The Hall–Kier alpha value is -2.13. The molecule has 2 aromatic rings. The van der Waals surface area contributed by atoms with E-state index < -0.39 is 0 Å². The number of aromatic nitrogens is 1. The monoisotopic (exact) mass is 294 g/mol. The van der Waals surface area contributed by atoms with Gasteiger partial charge in [0.2, 0.25) is 0 Å². The van der Waals surface area contributed by atoms with Crippen LogP contribution in [0.25, 0.3) is 6.08 Å². The number of rotatable bonds is 4. The van der Waals surface area contributed by atoms with Gasteiger partial charge in [0.1, 0.15) is 11.5 Å². The zero-order valence-electron chi connectivity index (χ0n) is 13.0. The van der Waals surface area contributed by atoms with Gasteiger partial charge in [-0.1, -0.05) is 30.4 Å². The van der Waals surface area contributed by atoms with Crippen molar-refractivity contribution in [2.75, 3.05) is 20.1 Å². The normalized spacial score (nSPS) is 19.4. The van der Waals surface area contributed by atoms with E-state index in [2.05, 4.69) is 29.1 Å². The molecule has 0 radical (unpaired) electrons. The van der Waals surface area contributed by atoms with Crippen LogP contribution >= 0.6 is 0 Å². The van der Waals surface area contributed by atoms with Gasteiger partial charge >= 0.3 is 0 Å². The van der Waals surface area contributed by atoms with Crippen molar-refractivity contribution < 1.29 is 4.74 Å². The molecule has 3 nitrogen and oxygen atoms in total. The number of nitrogens with zero attached hydrogens (tertiary/aromatic N) is 2. The fourth-order valence-corrected chi connectivity index (χ4v) is 2.82. The molecule has 0 spiro atoms. The van der Waals surface area contributed by atoms with Crippen molar-refractivity contribution in [3.63, 3.8) is 0 Å². The molecule has 0 unspecified atom stereocenters. The van der Waals surface area contributed by atoms with Gasteiger partial charge < -0.3 is 9.64 Å². The topological polar surface area (TPSA) is 25.4 Å². The van der Waals surface area contributed by atoms with E-state index in [0.717, 1.165) is 23.6 Å². The van der Waals surface area contributed by atoms with E-state index in [1.807, 2.05) is 42.6 Å². The van der Waals surface area contributed by atoms with E-state index >= 15 is 0 Å². The number of pyridine rings is 1. The average molecular weight is 294 g/mol. The summed E-state index contributed by atoms with van der Waals surface area (Å²) in [4.78, 5) is 6.67. The van der Waals surface area contributed by atoms with E-state index in [4.69, 9.17) is 4.74 Å². The number of likely N-dealkylation sites (tertiary alicyclic amines) is 1. The van der Waals surface area contributed by atoms with Crippen molar-refractivity contribution in [3.8, 4) is 11.5 Å². The van der Waals surface area contributed by atoms with Gasteiger partial charge in [-0.05, 0) is 56.1 Å². The van der Waals surface area contributed by atoms with Crippen LogP contribution in [0.4, 0.5) is 0 Å². The van der Waals surface area contributed by atoms with Gasteiger partial charge in [-0.3, -0.25) is 4.98 Å². The molecule has 114 valence electrons. The van der Waals surface area contributed by atoms with Gasteiger partial charge in [-0.15, -0.1) is 0 Å². The highest BCUT2D eigenvalue weighted by molar-refractivity contribution is 5.50. The van der Waals surface area contributed by atoms with E-state index in [9.17, 15) is 0 Å². The molecule has 1 fully saturated rings. The highest BCUT2D eigenvalue weighted by Crippen LogP contribution is 2.22. The second kappa shape index (κ2) is 7.23. The lowest BCUT2D eigenvalue weighted by Crippen LogP contribution is -2.30. The maximum Gasteiger partial charge on any atom is 0.146 e. The first-order valence-corrected chi connectivity index (χ1v) is 7.84. The lowest BCUT2D eigenvalue weighted by molar-refractivity contribution is 0.238. The Morgan fingerprint density at radius 3 is 2.86 bits per heavy atom. The van der Waals surface area contributed by atoms with Gasteiger partial charge in [0, 0.05) is 12.7 Å². The summed E-state index contributed by atoms with van der Waals surface area (Å²) in [5.74, 6) is 2.24. The van der Waals surface area contributed by atoms with E-state index in [-0.39, 0.29) is 0 Å². The second-order valence-corrected chi connectivity index (χ2v) is 5.89. The van der Waals surface area contributed by atoms with Crippen molar-refractivity contribution >= 4 is 6.08 Å². The number of hydrogen-bond acceptors (Lipinski definition) is 3. The minimum absolute atomic E-state index is 0.637. The SMILES string of the molecule is CN1CCC[C@@H](C=Cc2cncc(Oc3ccccc3)c2)C1. The van der Waals surface area contributed by atoms with Crippen molar-refractivity contribution in [3.05, 3.63) is 60.4 Å². The molecule has 1 aromatic heterocycles. The predicted molar refractivity (Wildman–Crippen MR) is 90.0 cm³/mol. The minimum atomic E-state index is 0.637. The molecule has 2 heterocycles. The first-order chi connectivity index (χ1) is 10.8. The maximum absolute atomic E-state index is 5.82. The first-order valence-electron chi connectivity index (χ1n) is 7.84. The predicted octanol–water partition coefficient (Wildman–Crippen LogP) is 4.23. The second-order valence-electron chi connectivity index (χ2n) is 5.89. The Bertz CT molecular complexity index is 624. The standard InChI is InChI=1S/C19H22N2O/c1-21-11-5-6-16(15-21)9-10-17-12-19(14-20-13-17)22-18-7-3-2-4-8-18/h2-4,7-10,12-14,16H,5-6,11,15H2,1H3/t16-/m0/s1. The van der Waals surface area contributed by atoms with Crippen molar-refractivity contribution in [1.82, 2.24) is 9.88 Å². The van der Waals surface area contributed by atoms with Crippen LogP contribution < -0.4 is 4.74 Å². The summed E-state index contributed by atoms with van der Waals surface area (Å²) in [6, 6.07) is 11.8. The number of para-hydroxylation sites is 1. The highest BCUT2D eigenvalue weighted by atomic mass is 16.5. The molecular formula is C19H22N2O. The van der Waals surface area contributed by atoms with Gasteiger partial charge in [-0.25, -0.2) is 0 Å². The number of ether oxygens (including phenoxy) is 1. The Morgan fingerprint density at radius 2 is 2.05 bits per heavy atom.